The van der Waals surface area contributed by atoms with E-state index in [0.717, 1.165) is 22.4 Å². The van der Waals surface area contributed by atoms with E-state index in [1.54, 1.807) is 18.6 Å². The smallest absolute Gasteiger partial charge is 0.107 e. The van der Waals surface area contributed by atoms with Gasteiger partial charge in [-0.2, -0.15) is 10.2 Å². The second-order valence-electron chi connectivity index (χ2n) is 2.51. The lowest BCUT2D eigenvalue weighted by Crippen LogP contribution is -2.05. The van der Waals surface area contributed by atoms with Gasteiger partial charge in [-0.1, -0.05) is 0 Å². The van der Waals surface area contributed by atoms with E-state index in [1.165, 1.54) is 0 Å². The molecule has 12 heavy (non-hydrogen) atoms. The van der Waals surface area contributed by atoms with Crippen LogP contribution in [0.3, 0.4) is 0 Å². The van der Waals surface area contributed by atoms with Crippen LogP contribution in [-0.2, 0) is 0 Å². The largest absolute Gasteiger partial charge is 0.158 e. The lowest BCUT2D eigenvalue weighted by atomic mass is 9.89. The van der Waals surface area contributed by atoms with Crippen molar-refractivity contribution in [3.8, 4) is 22.4 Å². The van der Waals surface area contributed by atoms with E-state index >= 15 is 0 Å². The Labute approximate surface area is 67.5 Å². The van der Waals surface area contributed by atoms with Gasteiger partial charge in [0.25, 0.3) is 0 Å². The first-order chi connectivity index (χ1) is 5.97. The molecular weight excluding hydrogens is 154 g/mol. The molecule has 0 aliphatic heterocycles. The standard InChI is InChI=1S/C7H3N5/c1-4-5(2-9-8-1)7-6(4)3-10-12-11-7/h1-3H. The number of hydrogen-bond donors (Lipinski definition) is 0. The second-order valence-corrected chi connectivity index (χ2v) is 2.51. The van der Waals surface area contributed by atoms with Crippen LogP contribution in [0, 0.1) is 0 Å². The highest BCUT2D eigenvalue weighted by molar-refractivity contribution is 5.98. The van der Waals surface area contributed by atoms with Gasteiger partial charge in [0, 0.05) is 16.7 Å². The highest BCUT2D eigenvalue weighted by atomic mass is 15.3. The normalized spacial score (nSPS) is 11.3. The van der Waals surface area contributed by atoms with Gasteiger partial charge < -0.3 is 0 Å². The lowest BCUT2D eigenvalue weighted by Gasteiger charge is -2.17. The quantitative estimate of drug-likeness (QED) is 0.469. The van der Waals surface area contributed by atoms with Crippen molar-refractivity contribution in [3.05, 3.63) is 18.6 Å². The van der Waals surface area contributed by atoms with Crippen molar-refractivity contribution < 1.29 is 0 Å². The molecule has 2 aromatic heterocycles. The van der Waals surface area contributed by atoms with Gasteiger partial charge in [-0.15, -0.1) is 10.2 Å². The van der Waals surface area contributed by atoms with Crippen molar-refractivity contribution in [1.82, 2.24) is 25.6 Å². The molecule has 0 spiro atoms. The van der Waals surface area contributed by atoms with E-state index in [9.17, 15) is 0 Å². The zero-order valence-corrected chi connectivity index (χ0v) is 5.97. The number of hydrogen-bond acceptors (Lipinski definition) is 5. The average Bonchev–Trinajstić information content (AvgIpc) is 2.14. The van der Waals surface area contributed by atoms with Gasteiger partial charge in [0.1, 0.15) is 5.69 Å². The third-order valence-electron chi connectivity index (χ3n) is 1.91. The Bertz CT molecular complexity index is 353. The van der Waals surface area contributed by atoms with Gasteiger partial charge in [-0.25, -0.2) is 0 Å². The summed E-state index contributed by atoms with van der Waals surface area (Å²) in [5.74, 6) is 0. The van der Waals surface area contributed by atoms with E-state index in [-0.39, 0.29) is 0 Å². The molecule has 0 amide bonds. The maximum Gasteiger partial charge on any atom is 0.107 e. The Morgan fingerprint density at radius 3 is 2.42 bits per heavy atom. The predicted molar refractivity (Wildman–Crippen MR) is 39.8 cm³/mol. The fourth-order valence-electron chi connectivity index (χ4n) is 1.33. The van der Waals surface area contributed by atoms with Gasteiger partial charge in [0.15, 0.2) is 0 Å². The molecule has 0 unspecified atom stereocenters. The van der Waals surface area contributed by atoms with Crippen LogP contribution in [0.4, 0.5) is 0 Å². The van der Waals surface area contributed by atoms with E-state index in [0.29, 0.717) is 0 Å². The molecular formula is C7H3N5. The van der Waals surface area contributed by atoms with Crippen LogP contribution in [0.5, 0.6) is 0 Å². The highest BCUT2D eigenvalue weighted by Gasteiger charge is 2.24. The first-order valence-corrected chi connectivity index (χ1v) is 3.46. The number of fused-ring (bicyclic) bond motifs is 4. The fraction of sp³-hybridized carbons (Fsp3) is 0. The van der Waals surface area contributed by atoms with E-state index in [2.05, 4.69) is 25.6 Å². The third kappa shape index (κ3) is 0.515. The summed E-state index contributed by atoms with van der Waals surface area (Å²) in [6.07, 6.45) is 5.08. The minimum atomic E-state index is 0.870. The SMILES string of the molecule is c1nncc2c1-c1cnnnc1-2. The lowest BCUT2D eigenvalue weighted by molar-refractivity contribution is 0.863. The molecule has 0 atom stereocenters. The summed E-state index contributed by atoms with van der Waals surface area (Å²) in [6.45, 7) is 0. The molecule has 56 valence electrons. The van der Waals surface area contributed by atoms with Crippen molar-refractivity contribution in [2.75, 3.05) is 0 Å². The summed E-state index contributed by atoms with van der Waals surface area (Å²) in [5, 5.41) is 18.6. The van der Waals surface area contributed by atoms with Gasteiger partial charge in [-0.05, 0) is 5.21 Å². The van der Waals surface area contributed by atoms with Crippen LogP contribution >= 0.6 is 0 Å². The summed E-state index contributed by atoms with van der Waals surface area (Å²) < 4.78 is 0. The first-order valence-electron chi connectivity index (χ1n) is 3.46. The zero-order valence-electron chi connectivity index (χ0n) is 5.97. The molecule has 0 saturated carbocycles. The molecule has 0 bridgehead atoms. The molecule has 5 nitrogen and oxygen atoms in total. The third-order valence-corrected chi connectivity index (χ3v) is 1.91. The Hall–Kier alpha value is -1.91. The van der Waals surface area contributed by atoms with E-state index < -0.39 is 0 Å². The molecule has 0 fully saturated rings. The monoisotopic (exact) mass is 157 g/mol. The number of rotatable bonds is 0. The number of nitrogens with zero attached hydrogens (tertiary/aromatic N) is 5. The van der Waals surface area contributed by atoms with Crippen LogP contribution in [0.1, 0.15) is 0 Å². The van der Waals surface area contributed by atoms with Crippen molar-refractivity contribution >= 4 is 0 Å². The predicted octanol–water partition coefficient (Wildman–Crippen LogP) is 0.309. The van der Waals surface area contributed by atoms with E-state index in [4.69, 9.17) is 0 Å². The van der Waals surface area contributed by atoms with Crippen LogP contribution < -0.4 is 0 Å². The Morgan fingerprint density at radius 2 is 1.50 bits per heavy atom. The molecule has 1 aliphatic carbocycles. The summed E-state index contributed by atoms with van der Waals surface area (Å²) in [7, 11) is 0. The van der Waals surface area contributed by atoms with Gasteiger partial charge in [0.05, 0.1) is 18.6 Å². The first kappa shape index (κ1) is 5.70. The highest BCUT2D eigenvalue weighted by Crippen LogP contribution is 2.42. The van der Waals surface area contributed by atoms with E-state index in [1.807, 2.05) is 0 Å². The fourth-order valence-corrected chi connectivity index (χ4v) is 1.33. The van der Waals surface area contributed by atoms with Crippen molar-refractivity contribution in [3.63, 3.8) is 0 Å². The van der Waals surface area contributed by atoms with Crippen LogP contribution in [0.25, 0.3) is 22.4 Å². The molecule has 0 radical (unpaired) electrons. The summed E-state index contributed by atoms with van der Waals surface area (Å²) >= 11 is 0. The molecule has 5 heteroatoms. The average molecular weight is 157 g/mol. The summed E-state index contributed by atoms with van der Waals surface area (Å²) in [6, 6.07) is 0. The van der Waals surface area contributed by atoms with Crippen LogP contribution in [0.2, 0.25) is 0 Å². The maximum atomic E-state index is 3.88. The minimum Gasteiger partial charge on any atom is -0.158 e. The molecule has 2 aromatic rings. The Kier molecular flexibility index (Phi) is 0.864. The topological polar surface area (TPSA) is 64.5 Å². The Morgan fingerprint density at radius 1 is 0.750 bits per heavy atom. The molecule has 0 N–H and O–H groups in total. The van der Waals surface area contributed by atoms with Crippen LogP contribution in [-0.4, -0.2) is 25.6 Å². The molecule has 1 aliphatic rings. The van der Waals surface area contributed by atoms with Crippen molar-refractivity contribution in [2.24, 2.45) is 0 Å². The molecule has 0 saturated heterocycles. The van der Waals surface area contributed by atoms with Gasteiger partial charge in [0.2, 0.25) is 0 Å². The maximum absolute atomic E-state index is 3.88. The summed E-state index contributed by atoms with van der Waals surface area (Å²) in [5.41, 5.74) is 3.95. The molecule has 0 aromatic carbocycles. The van der Waals surface area contributed by atoms with Crippen LogP contribution in [0.15, 0.2) is 18.6 Å². The minimum absolute atomic E-state index is 0.870. The Balaban J connectivity index is 2.34. The van der Waals surface area contributed by atoms with Gasteiger partial charge in [-0.3, -0.25) is 0 Å². The summed E-state index contributed by atoms with van der Waals surface area (Å²) in [4.78, 5) is 0. The van der Waals surface area contributed by atoms with Crippen molar-refractivity contribution in [1.29, 1.82) is 0 Å². The van der Waals surface area contributed by atoms with Gasteiger partial charge >= 0.3 is 0 Å². The zero-order chi connectivity index (χ0) is 7.97. The number of aromatic nitrogens is 5. The van der Waals surface area contributed by atoms with Crippen molar-refractivity contribution in [2.45, 2.75) is 0 Å². The molecule has 3 rings (SSSR count). The second kappa shape index (κ2) is 1.82. The molecule has 2 heterocycles.